The molecule has 96 valence electrons. The van der Waals surface area contributed by atoms with Gasteiger partial charge in [0.25, 0.3) is 0 Å². The highest BCUT2D eigenvalue weighted by Gasteiger charge is 2.25. The van der Waals surface area contributed by atoms with Crippen molar-refractivity contribution in [3.05, 3.63) is 17.8 Å². The first-order valence-corrected chi connectivity index (χ1v) is 6.49. The van der Waals surface area contributed by atoms with Crippen molar-refractivity contribution in [2.45, 2.75) is 11.4 Å². The van der Waals surface area contributed by atoms with Gasteiger partial charge in [0, 0.05) is 11.8 Å². The lowest BCUT2D eigenvalue weighted by atomic mass is 10.2. The smallest absolute Gasteiger partial charge is 0.325 e. The van der Waals surface area contributed by atoms with Crippen molar-refractivity contribution < 1.29 is 14.6 Å². The Balaban J connectivity index is 2.36. The number of aliphatic hydroxyl groups is 1. The van der Waals surface area contributed by atoms with Crippen LogP contribution in [0.5, 0.6) is 0 Å². The van der Waals surface area contributed by atoms with Crippen LogP contribution in [0.3, 0.4) is 0 Å². The van der Waals surface area contributed by atoms with E-state index in [9.17, 15) is 9.90 Å². The first kappa shape index (κ1) is 12.8. The van der Waals surface area contributed by atoms with Gasteiger partial charge in [0.15, 0.2) is 5.16 Å². The molecule has 0 radical (unpaired) electrons. The minimum absolute atomic E-state index is 0.0557. The molecule has 0 bridgehead atoms. The Bertz CT molecular complexity index is 492. The normalized spacial score (nSPS) is 17.5. The van der Waals surface area contributed by atoms with Gasteiger partial charge in [0.2, 0.25) is 0 Å². The summed E-state index contributed by atoms with van der Waals surface area (Å²) in [5.41, 5.74) is 0.766. The summed E-state index contributed by atoms with van der Waals surface area (Å²) < 4.78 is 4.61. The van der Waals surface area contributed by atoms with Crippen molar-refractivity contribution in [3.8, 4) is 0 Å². The predicted molar refractivity (Wildman–Crippen MR) is 68.2 cm³/mol. The average Bonchev–Trinajstić information content (AvgIpc) is 2.41. The average molecular weight is 267 g/mol. The van der Waals surface area contributed by atoms with Crippen LogP contribution in [-0.4, -0.2) is 47.2 Å². The zero-order valence-electron chi connectivity index (χ0n) is 10.0. The summed E-state index contributed by atoms with van der Waals surface area (Å²) in [4.78, 5) is 21.3. The van der Waals surface area contributed by atoms with Crippen LogP contribution >= 0.6 is 11.8 Å². The molecule has 0 spiro atoms. The summed E-state index contributed by atoms with van der Waals surface area (Å²) >= 11 is 1.40. The number of nitrogens with zero attached hydrogens (tertiary/aromatic N) is 3. The molecule has 0 saturated heterocycles. The minimum Gasteiger partial charge on any atom is -0.468 e. The van der Waals surface area contributed by atoms with Crippen LogP contribution in [-0.2, 0) is 9.53 Å². The van der Waals surface area contributed by atoms with Gasteiger partial charge in [-0.15, -0.1) is 0 Å². The molecular formula is C11H13N3O3S. The van der Waals surface area contributed by atoms with Gasteiger partial charge in [0.05, 0.1) is 7.11 Å². The Labute approximate surface area is 109 Å². The number of esters is 1. The molecule has 1 unspecified atom stereocenters. The van der Waals surface area contributed by atoms with E-state index in [-0.39, 0.29) is 6.54 Å². The second kappa shape index (κ2) is 5.36. The lowest BCUT2D eigenvalue weighted by molar-refractivity contribution is -0.139. The number of hydrogen-bond acceptors (Lipinski definition) is 7. The quantitative estimate of drug-likeness (QED) is 0.486. The SMILES string of the molecule is COC(=O)CN1c2nc(SC)ncc2C=CC1O. The van der Waals surface area contributed by atoms with Gasteiger partial charge < -0.3 is 14.7 Å². The fraction of sp³-hybridized carbons (Fsp3) is 0.364. The highest BCUT2D eigenvalue weighted by molar-refractivity contribution is 7.98. The highest BCUT2D eigenvalue weighted by atomic mass is 32.2. The third-order valence-corrected chi connectivity index (χ3v) is 3.08. The number of carbonyl (C=O) groups is 1. The molecule has 1 aromatic heterocycles. The monoisotopic (exact) mass is 267 g/mol. The maximum absolute atomic E-state index is 11.3. The zero-order valence-corrected chi connectivity index (χ0v) is 10.8. The van der Waals surface area contributed by atoms with Gasteiger partial charge in [-0.2, -0.15) is 0 Å². The molecule has 1 atom stereocenters. The van der Waals surface area contributed by atoms with Crippen molar-refractivity contribution in [1.82, 2.24) is 9.97 Å². The molecule has 2 rings (SSSR count). The molecule has 18 heavy (non-hydrogen) atoms. The second-order valence-corrected chi connectivity index (χ2v) is 4.39. The molecule has 1 aliphatic rings. The molecule has 0 aliphatic carbocycles. The number of aliphatic hydroxyl groups excluding tert-OH is 1. The molecule has 7 heteroatoms. The van der Waals surface area contributed by atoms with Crippen LogP contribution in [0.2, 0.25) is 0 Å². The van der Waals surface area contributed by atoms with Gasteiger partial charge in [-0.1, -0.05) is 11.8 Å². The Morgan fingerprint density at radius 2 is 2.44 bits per heavy atom. The molecule has 0 fully saturated rings. The summed E-state index contributed by atoms with van der Waals surface area (Å²) in [5.74, 6) is 0.106. The van der Waals surface area contributed by atoms with Crippen molar-refractivity contribution in [2.24, 2.45) is 0 Å². The number of methoxy groups -OCH3 is 1. The standard InChI is InChI=1S/C11H13N3O3S/c1-17-9(16)6-14-8(15)4-3-7-5-12-11(18-2)13-10(7)14/h3-5,8,15H,6H2,1-2H3. The molecule has 0 amide bonds. The van der Waals surface area contributed by atoms with E-state index in [0.717, 1.165) is 5.56 Å². The number of rotatable bonds is 3. The minimum atomic E-state index is -0.888. The Hall–Kier alpha value is -1.60. The van der Waals surface area contributed by atoms with Crippen LogP contribution in [0.1, 0.15) is 5.56 Å². The van der Waals surface area contributed by atoms with Gasteiger partial charge >= 0.3 is 5.97 Å². The van der Waals surface area contributed by atoms with E-state index in [1.807, 2.05) is 6.26 Å². The van der Waals surface area contributed by atoms with E-state index < -0.39 is 12.2 Å². The van der Waals surface area contributed by atoms with Crippen LogP contribution in [0.25, 0.3) is 6.08 Å². The van der Waals surface area contributed by atoms with Gasteiger partial charge in [-0.05, 0) is 18.4 Å². The van der Waals surface area contributed by atoms with Crippen LogP contribution in [0, 0.1) is 0 Å². The number of anilines is 1. The number of ether oxygens (including phenoxy) is 1. The van der Waals surface area contributed by atoms with Gasteiger partial charge in [0.1, 0.15) is 18.6 Å². The molecule has 1 aromatic rings. The first-order chi connectivity index (χ1) is 8.65. The van der Waals surface area contributed by atoms with Crippen molar-refractivity contribution >= 4 is 29.6 Å². The van der Waals surface area contributed by atoms with Gasteiger partial charge in [-0.25, -0.2) is 9.97 Å². The van der Waals surface area contributed by atoms with E-state index in [1.165, 1.54) is 23.8 Å². The molecule has 1 aliphatic heterocycles. The molecule has 0 saturated carbocycles. The number of thioether (sulfide) groups is 1. The molecule has 1 N–H and O–H groups in total. The topological polar surface area (TPSA) is 75.5 Å². The lowest BCUT2D eigenvalue weighted by Crippen LogP contribution is -2.41. The fourth-order valence-electron chi connectivity index (χ4n) is 1.60. The number of aromatic nitrogens is 2. The molecule has 0 aromatic carbocycles. The van der Waals surface area contributed by atoms with Crippen molar-refractivity contribution in [3.63, 3.8) is 0 Å². The molecular weight excluding hydrogens is 254 g/mol. The first-order valence-electron chi connectivity index (χ1n) is 5.26. The van der Waals surface area contributed by atoms with Crippen molar-refractivity contribution in [2.75, 3.05) is 24.8 Å². The zero-order chi connectivity index (χ0) is 13.1. The van der Waals surface area contributed by atoms with Crippen LogP contribution < -0.4 is 4.90 Å². The number of carbonyl (C=O) groups excluding carboxylic acids is 1. The Morgan fingerprint density at radius 3 is 3.11 bits per heavy atom. The molecule has 2 heterocycles. The number of fused-ring (bicyclic) bond motifs is 1. The summed E-state index contributed by atoms with van der Waals surface area (Å²) in [5, 5.41) is 10.5. The van der Waals surface area contributed by atoms with E-state index in [4.69, 9.17) is 0 Å². The van der Waals surface area contributed by atoms with Crippen molar-refractivity contribution in [1.29, 1.82) is 0 Å². The third kappa shape index (κ3) is 2.46. The van der Waals surface area contributed by atoms with E-state index >= 15 is 0 Å². The largest absolute Gasteiger partial charge is 0.468 e. The fourth-order valence-corrected chi connectivity index (χ4v) is 1.94. The summed E-state index contributed by atoms with van der Waals surface area (Å²) in [7, 11) is 1.31. The summed E-state index contributed by atoms with van der Waals surface area (Å²) in [6.45, 7) is -0.0557. The predicted octanol–water partition coefficient (Wildman–Crippen LogP) is 0.523. The lowest BCUT2D eigenvalue weighted by Gasteiger charge is -2.30. The Kier molecular flexibility index (Phi) is 3.83. The van der Waals surface area contributed by atoms with Gasteiger partial charge in [-0.3, -0.25) is 4.79 Å². The van der Waals surface area contributed by atoms with E-state index in [0.29, 0.717) is 11.0 Å². The van der Waals surface area contributed by atoms with Crippen LogP contribution in [0.4, 0.5) is 5.82 Å². The second-order valence-electron chi connectivity index (χ2n) is 3.61. The Morgan fingerprint density at radius 1 is 1.67 bits per heavy atom. The highest BCUT2D eigenvalue weighted by Crippen LogP contribution is 2.27. The maximum Gasteiger partial charge on any atom is 0.325 e. The number of hydrogen-bond donors (Lipinski definition) is 1. The van der Waals surface area contributed by atoms with Crippen LogP contribution in [0.15, 0.2) is 17.4 Å². The van der Waals surface area contributed by atoms with E-state index in [1.54, 1.807) is 18.3 Å². The maximum atomic E-state index is 11.3. The third-order valence-electron chi connectivity index (χ3n) is 2.52. The molecule has 6 nitrogen and oxygen atoms in total. The summed E-state index contributed by atoms with van der Waals surface area (Å²) in [6.07, 6.45) is 5.95. The van der Waals surface area contributed by atoms with E-state index in [2.05, 4.69) is 14.7 Å². The summed E-state index contributed by atoms with van der Waals surface area (Å²) in [6, 6.07) is 0.